The van der Waals surface area contributed by atoms with E-state index >= 15 is 0 Å². The largest absolute Gasteiger partial charge is 0.506 e. The number of fused-ring (bicyclic) bond motifs is 2. The van der Waals surface area contributed by atoms with Gasteiger partial charge in [0.15, 0.2) is 5.84 Å². The van der Waals surface area contributed by atoms with E-state index in [9.17, 15) is 18.3 Å². The summed E-state index contributed by atoms with van der Waals surface area (Å²) in [5.74, 6) is -0.657. The lowest BCUT2D eigenvalue weighted by atomic mass is 10.1. The number of aromatic hydroxyl groups is 1. The zero-order valence-electron chi connectivity index (χ0n) is 16.8. The van der Waals surface area contributed by atoms with Crippen LogP contribution >= 0.6 is 15.9 Å². The zero-order valence-corrected chi connectivity index (χ0v) is 19.2. The van der Waals surface area contributed by atoms with Crippen LogP contribution in [0.2, 0.25) is 0 Å². The van der Waals surface area contributed by atoms with E-state index in [1.54, 1.807) is 42.5 Å². The van der Waals surface area contributed by atoms with Crippen molar-refractivity contribution < 1.29 is 13.5 Å². The van der Waals surface area contributed by atoms with E-state index in [-0.39, 0.29) is 27.7 Å². The van der Waals surface area contributed by atoms with E-state index in [4.69, 9.17) is 0 Å². The van der Waals surface area contributed by atoms with Crippen LogP contribution in [-0.4, -0.2) is 30.3 Å². The van der Waals surface area contributed by atoms with E-state index in [0.717, 1.165) is 14.7 Å². The topological polar surface area (TPSA) is 113 Å². The van der Waals surface area contributed by atoms with Crippen LogP contribution in [0.5, 0.6) is 5.75 Å². The minimum absolute atomic E-state index is 0.0127. The second-order valence-corrected chi connectivity index (χ2v) is 9.59. The Morgan fingerprint density at radius 3 is 2.52 bits per heavy atom. The van der Waals surface area contributed by atoms with Gasteiger partial charge in [0.05, 0.1) is 17.4 Å². The standard InChI is InChI=1S/C23H15BrN4O4S/c24-16-9-3-1-7-14(16)13-25-28-18-11-5-2-8-15(18)21(29)20(23(28)30)22-26-17-10-4-6-12-19(17)33(31,32)27-22/h1-13,29H,(H,26,27)/b25-13+. The molecule has 0 spiro atoms. The number of pyridine rings is 1. The first-order valence-electron chi connectivity index (χ1n) is 9.74. The van der Waals surface area contributed by atoms with E-state index in [1.807, 2.05) is 24.3 Å². The van der Waals surface area contributed by atoms with Gasteiger partial charge in [0, 0.05) is 15.4 Å². The summed E-state index contributed by atoms with van der Waals surface area (Å²) in [5, 5.41) is 18.5. The van der Waals surface area contributed by atoms with Crippen LogP contribution in [-0.2, 0) is 10.0 Å². The lowest BCUT2D eigenvalue weighted by Crippen LogP contribution is -2.31. The summed E-state index contributed by atoms with van der Waals surface area (Å²) in [6.07, 6.45) is 1.50. The molecule has 164 valence electrons. The molecule has 4 aromatic rings. The molecule has 0 radical (unpaired) electrons. The fourth-order valence-electron chi connectivity index (χ4n) is 3.56. The van der Waals surface area contributed by atoms with Gasteiger partial charge in [0.2, 0.25) is 0 Å². The number of benzene rings is 3. The number of aromatic nitrogens is 1. The second kappa shape index (κ2) is 7.98. The van der Waals surface area contributed by atoms with Crippen LogP contribution in [0.15, 0.2) is 96.5 Å². The minimum atomic E-state index is -4.08. The summed E-state index contributed by atoms with van der Waals surface area (Å²) in [6, 6.07) is 20.2. The molecule has 8 nitrogen and oxygen atoms in total. The molecular weight excluding hydrogens is 508 g/mol. The van der Waals surface area contributed by atoms with Crippen molar-refractivity contribution in [3.8, 4) is 5.75 Å². The molecule has 5 rings (SSSR count). The molecule has 0 saturated heterocycles. The lowest BCUT2D eigenvalue weighted by molar-refractivity contribution is 0.478. The zero-order chi connectivity index (χ0) is 23.2. The first kappa shape index (κ1) is 21.1. The average molecular weight is 523 g/mol. The van der Waals surface area contributed by atoms with Gasteiger partial charge in [-0.25, -0.2) is 0 Å². The van der Waals surface area contributed by atoms with Crippen molar-refractivity contribution in [2.75, 3.05) is 5.32 Å². The third-order valence-corrected chi connectivity index (χ3v) is 7.17. The molecule has 0 aliphatic carbocycles. The molecule has 33 heavy (non-hydrogen) atoms. The van der Waals surface area contributed by atoms with E-state index in [2.05, 4.69) is 30.7 Å². The van der Waals surface area contributed by atoms with Gasteiger partial charge in [-0.3, -0.25) is 4.79 Å². The lowest BCUT2D eigenvalue weighted by Gasteiger charge is -2.19. The van der Waals surface area contributed by atoms with Crippen molar-refractivity contribution in [1.82, 2.24) is 4.68 Å². The van der Waals surface area contributed by atoms with Crippen molar-refractivity contribution in [2.24, 2.45) is 9.50 Å². The molecule has 0 bridgehead atoms. The van der Waals surface area contributed by atoms with Gasteiger partial charge in [0.1, 0.15) is 16.2 Å². The SMILES string of the molecule is O=c1c(C2=NS(=O)(=O)c3ccccc3N2)c(O)c2ccccc2n1/N=C/c1ccccc1Br. The van der Waals surface area contributed by atoms with Crippen molar-refractivity contribution in [3.05, 3.63) is 98.7 Å². The Morgan fingerprint density at radius 1 is 1.00 bits per heavy atom. The molecule has 0 fully saturated rings. The van der Waals surface area contributed by atoms with Crippen molar-refractivity contribution in [1.29, 1.82) is 0 Å². The maximum absolute atomic E-state index is 13.5. The molecule has 0 atom stereocenters. The van der Waals surface area contributed by atoms with Gasteiger partial charge in [0.25, 0.3) is 15.6 Å². The number of nitrogens with one attached hydrogen (secondary N) is 1. The summed E-state index contributed by atoms with van der Waals surface area (Å²) in [6.45, 7) is 0. The van der Waals surface area contributed by atoms with Crippen molar-refractivity contribution >= 4 is 54.6 Å². The molecule has 1 aromatic heterocycles. The summed E-state index contributed by atoms with van der Waals surface area (Å²) < 4.78 is 31.1. The molecule has 1 aliphatic rings. The quantitative estimate of drug-likeness (QED) is 0.396. The van der Waals surface area contributed by atoms with E-state index in [0.29, 0.717) is 10.9 Å². The van der Waals surface area contributed by atoms with Gasteiger partial charge in [-0.15, -0.1) is 4.40 Å². The normalized spacial score (nSPS) is 14.6. The molecule has 1 aliphatic heterocycles. The number of anilines is 1. The number of halogens is 1. The highest BCUT2D eigenvalue weighted by Crippen LogP contribution is 2.32. The predicted molar refractivity (Wildman–Crippen MR) is 131 cm³/mol. The van der Waals surface area contributed by atoms with Gasteiger partial charge < -0.3 is 10.4 Å². The molecule has 10 heteroatoms. The molecule has 0 saturated carbocycles. The number of rotatable bonds is 3. The monoisotopic (exact) mass is 522 g/mol. The van der Waals surface area contributed by atoms with Crippen molar-refractivity contribution in [2.45, 2.75) is 4.90 Å². The van der Waals surface area contributed by atoms with Gasteiger partial charge >= 0.3 is 0 Å². The summed E-state index contributed by atoms with van der Waals surface area (Å²) in [5.41, 5.74) is 0.323. The van der Waals surface area contributed by atoms with Crippen LogP contribution < -0.4 is 10.9 Å². The third kappa shape index (κ3) is 3.62. The predicted octanol–water partition coefficient (Wildman–Crippen LogP) is 3.91. The molecule has 3 aromatic carbocycles. The van der Waals surface area contributed by atoms with Crippen LogP contribution in [0.4, 0.5) is 5.69 Å². The number of amidine groups is 1. The Labute approximate surface area is 196 Å². The Kier molecular flexibility index (Phi) is 5.10. The van der Waals surface area contributed by atoms with Crippen LogP contribution in [0, 0.1) is 0 Å². The molecule has 0 amide bonds. The Balaban J connectivity index is 1.76. The number of hydrogen-bond acceptors (Lipinski definition) is 6. The molecule has 2 N–H and O–H groups in total. The van der Waals surface area contributed by atoms with Gasteiger partial charge in [-0.1, -0.05) is 58.4 Å². The maximum Gasteiger partial charge on any atom is 0.286 e. The Morgan fingerprint density at radius 2 is 1.70 bits per heavy atom. The van der Waals surface area contributed by atoms with Gasteiger partial charge in [-0.2, -0.15) is 18.2 Å². The number of para-hydroxylation sites is 2. The summed E-state index contributed by atoms with van der Waals surface area (Å²) in [7, 11) is -4.08. The third-order valence-electron chi connectivity index (χ3n) is 5.11. The van der Waals surface area contributed by atoms with Gasteiger partial charge in [-0.05, 0) is 30.3 Å². The minimum Gasteiger partial charge on any atom is -0.506 e. The average Bonchev–Trinajstić information content (AvgIpc) is 2.80. The van der Waals surface area contributed by atoms with Crippen LogP contribution in [0.25, 0.3) is 10.9 Å². The number of hydrogen-bond donors (Lipinski definition) is 2. The smallest absolute Gasteiger partial charge is 0.286 e. The molecule has 2 heterocycles. The highest BCUT2D eigenvalue weighted by molar-refractivity contribution is 9.10. The van der Waals surface area contributed by atoms with E-state index in [1.165, 1.54) is 12.3 Å². The number of sulfonamides is 1. The van der Waals surface area contributed by atoms with Crippen LogP contribution in [0.1, 0.15) is 11.1 Å². The Bertz CT molecular complexity index is 1660. The highest BCUT2D eigenvalue weighted by Gasteiger charge is 2.29. The summed E-state index contributed by atoms with van der Waals surface area (Å²) in [4.78, 5) is 13.5. The van der Waals surface area contributed by atoms with E-state index < -0.39 is 15.6 Å². The second-order valence-electron chi connectivity index (χ2n) is 7.16. The first-order valence-corrected chi connectivity index (χ1v) is 12.0. The first-order chi connectivity index (χ1) is 15.9. The van der Waals surface area contributed by atoms with Crippen LogP contribution in [0.3, 0.4) is 0 Å². The fraction of sp³-hybridized carbons (Fsp3) is 0. The molecule has 0 unspecified atom stereocenters. The van der Waals surface area contributed by atoms with Crippen molar-refractivity contribution in [3.63, 3.8) is 0 Å². The number of nitrogens with zero attached hydrogens (tertiary/aromatic N) is 3. The maximum atomic E-state index is 13.5. The summed E-state index contributed by atoms with van der Waals surface area (Å²) >= 11 is 3.44. The highest BCUT2D eigenvalue weighted by atomic mass is 79.9. The molecular formula is C23H15BrN4O4S. The Hall–Kier alpha value is -3.76. The fourth-order valence-corrected chi connectivity index (χ4v) is 5.07.